The van der Waals surface area contributed by atoms with Crippen LogP contribution >= 0.6 is 0 Å². The van der Waals surface area contributed by atoms with Gasteiger partial charge in [-0.05, 0) is 66.8 Å². The number of rotatable bonds is 7. The van der Waals surface area contributed by atoms with E-state index in [1.54, 1.807) is 12.1 Å². The maximum absolute atomic E-state index is 13.9. The van der Waals surface area contributed by atoms with Gasteiger partial charge in [-0.3, -0.25) is 4.79 Å². The number of para-hydroxylation sites is 1. The van der Waals surface area contributed by atoms with Gasteiger partial charge in [-0.1, -0.05) is 48.5 Å². The van der Waals surface area contributed by atoms with Crippen LogP contribution in [-0.4, -0.2) is 56.3 Å². The molecule has 0 bridgehead atoms. The molecule has 4 heterocycles. The molecule has 1 amide bonds. The Bertz CT molecular complexity index is 1760. The van der Waals surface area contributed by atoms with Crippen LogP contribution in [0.15, 0.2) is 66.9 Å². The van der Waals surface area contributed by atoms with Crippen LogP contribution in [0.25, 0.3) is 17.1 Å². The minimum absolute atomic E-state index is 0.118. The molecule has 1 saturated carbocycles. The molecule has 232 valence electrons. The van der Waals surface area contributed by atoms with Crippen LogP contribution in [0.3, 0.4) is 0 Å². The van der Waals surface area contributed by atoms with Crippen molar-refractivity contribution in [1.29, 1.82) is 0 Å². The minimum Gasteiger partial charge on any atom is -0.478 e. The molecule has 1 saturated heterocycles. The summed E-state index contributed by atoms with van der Waals surface area (Å²) in [7, 11) is 0. The van der Waals surface area contributed by atoms with Crippen LogP contribution in [0.4, 0.5) is 18.9 Å². The highest BCUT2D eigenvalue weighted by Gasteiger charge is 2.41. The normalized spacial score (nSPS) is 17.0. The van der Waals surface area contributed by atoms with E-state index in [0.29, 0.717) is 34.9 Å². The number of aromatic nitrogens is 3. The number of aromatic carboxylic acids is 1. The van der Waals surface area contributed by atoms with Crippen molar-refractivity contribution in [2.45, 2.75) is 50.7 Å². The Labute approximate surface area is 258 Å². The highest BCUT2D eigenvalue weighted by molar-refractivity contribution is 5.89. The summed E-state index contributed by atoms with van der Waals surface area (Å²) in [6, 6.07) is 19.3. The van der Waals surface area contributed by atoms with Crippen LogP contribution in [0.1, 0.15) is 64.3 Å². The molecule has 45 heavy (non-hydrogen) atoms. The van der Waals surface area contributed by atoms with E-state index in [2.05, 4.69) is 45.3 Å². The predicted octanol–water partition coefficient (Wildman–Crippen LogP) is 6.33. The van der Waals surface area contributed by atoms with Crippen molar-refractivity contribution >= 4 is 17.6 Å². The molecule has 2 fully saturated rings. The largest absolute Gasteiger partial charge is 0.478 e. The van der Waals surface area contributed by atoms with Crippen LogP contribution in [0, 0.1) is 5.92 Å². The van der Waals surface area contributed by atoms with Crippen LogP contribution in [0.5, 0.6) is 0 Å². The van der Waals surface area contributed by atoms with Crippen molar-refractivity contribution in [3.05, 3.63) is 94.8 Å². The molecule has 0 radical (unpaired) electrons. The van der Waals surface area contributed by atoms with E-state index < -0.39 is 23.4 Å². The Morgan fingerprint density at radius 2 is 1.64 bits per heavy atom. The molecule has 0 atom stereocenters. The molecule has 0 spiro atoms. The second-order valence-electron chi connectivity index (χ2n) is 12.1. The molecular formula is C34H32F3N5O3. The third kappa shape index (κ3) is 5.67. The van der Waals surface area contributed by atoms with E-state index in [0.717, 1.165) is 74.1 Å². The fraction of sp³-hybridized carbons (Fsp3) is 0.353. The number of carbonyl (C=O) groups excluding carboxylic acids is 1. The molecule has 2 aromatic carbocycles. The number of carboxylic acids is 1. The lowest BCUT2D eigenvalue weighted by atomic mass is 9.89. The van der Waals surface area contributed by atoms with E-state index in [1.807, 2.05) is 17.0 Å². The zero-order chi connectivity index (χ0) is 31.3. The number of alkyl halides is 3. The highest BCUT2D eigenvalue weighted by atomic mass is 19.4. The van der Waals surface area contributed by atoms with Gasteiger partial charge in [0.1, 0.15) is 5.56 Å². The Kier molecular flexibility index (Phi) is 7.33. The second kappa shape index (κ2) is 11.4. The molecule has 11 heteroatoms. The van der Waals surface area contributed by atoms with Gasteiger partial charge in [0.05, 0.1) is 11.9 Å². The van der Waals surface area contributed by atoms with Crippen LogP contribution in [-0.2, 0) is 23.9 Å². The fourth-order valence-electron chi connectivity index (χ4n) is 6.68. The maximum Gasteiger partial charge on any atom is 0.434 e. The second-order valence-corrected chi connectivity index (χ2v) is 12.1. The number of anilines is 1. The number of amides is 1. The summed E-state index contributed by atoms with van der Waals surface area (Å²) in [6.45, 7) is 3.10. The van der Waals surface area contributed by atoms with Gasteiger partial charge in [-0.15, -0.1) is 0 Å². The summed E-state index contributed by atoms with van der Waals surface area (Å²) in [5, 5.41) is 13.1. The third-order valence-electron chi connectivity index (χ3n) is 9.14. The van der Waals surface area contributed by atoms with Crippen molar-refractivity contribution < 1.29 is 27.9 Å². The highest BCUT2D eigenvalue weighted by Crippen LogP contribution is 2.40. The molecular weight excluding hydrogens is 583 g/mol. The molecule has 3 aliphatic rings. The van der Waals surface area contributed by atoms with Gasteiger partial charge in [0.15, 0.2) is 11.5 Å². The molecule has 0 unspecified atom stereocenters. The molecule has 8 nitrogen and oxygen atoms in total. The lowest BCUT2D eigenvalue weighted by molar-refractivity contribution is -0.143. The van der Waals surface area contributed by atoms with Gasteiger partial charge >= 0.3 is 12.1 Å². The molecule has 1 aliphatic carbocycles. The number of likely N-dealkylation sites (tertiary alicyclic amines) is 1. The van der Waals surface area contributed by atoms with Gasteiger partial charge in [-0.2, -0.15) is 18.3 Å². The monoisotopic (exact) mass is 615 g/mol. The zero-order valence-electron chi connectivity index (χ0n) is 24.5. The average Bonchev–Trinajstić information content (AvgIpc) is 3.65. The van der Waals surface area contributed by atoms with E-state index in [9.17, 15) is 27.9 Å². The number of nitrogens with zero attached hydrogens (tertiary/aromatic N) is 5. The number of carbonyl (C=O) groups is 2. The number of carboxylic acid groups (broad SMARTS) is 1. The summed E-state index contributed by atoms with van der Waals surface area (Å²) in [5.74, 6) is -0.787. The molecule has 4 aromatic rings. The molecule has 1 N–H and O–H groups in total. The van der Waals surface area contributed by atoms with E-state index >= 15 is 0 Å². The maximum atomic E-state index is 13.9. The Balaban J connectivity index is 1.11. The zero-order valence-corrected chi connectivity index (χ0v) is 24.5. The number of fused-ring (bicyclic) bond motifs is 1. The average molecular weight is 616 g/mol. The fourth-order valence-corrected chi connectivity index (χ4v) is 6.68. The van der Waals surface area contributed by atoms with Gasteiger partial charge in [-0.25, -0.2) is 14.5 Å². The van der Waals surface area contributed by atoms with Gasteiger partial charge in [0, 0.05) is 43.3 Å². The van der Waals surface area contributed by atoms with Crippen molar-refractivity contribution in [3.8, 4) is 17.1 Å². The SMILES string of the molecule is O=C(O)c1cnn(-c2cccc(-c3cccc4c3N(Cc3ccc(C5CCN(C(=O)C6CC6)CC5)cc3)CC4)n2)c1C(F)(F)F. The van der Waals surface area contributed by atoms with Gasteiger partial charge < -0.3 is 14.9 Å². The summed E-state index contributed by atoms with van der Waals surface area (Å²) in [4.78, 5) is 32.7. The Morgan fingerprint density at radius 1 is 0.911 bits per heavy atom. The topological polar surface area (TPSA) is 91.6 Å². The summed E-state index contributed by atoms with van der Waals surface area (Å²) >= 11 is 0. The van der Waals surface area contributed by atoms with E-state index in [4.69, 9.17) is 0 Å². The van der Waals surface area contributed by atoms with Crippen molar-refractivity contribution in [1.82, 2.24) is 19.7 Å². The van der Waals surface area contributed by atoms with Gasteiger partial charge in [0.25, 0.3) is 0 Å². The van der Waals surface area contributed by atoms with Crippen molar-refractivity contribution in [3.63, 3.8) is 0 Å². The smallest absolute Gasteiger partial charge is 0.434 e. The summed E-state index contributed by atoms with van der Waals surface area (Å²) < 4.78 is 42.2. The number of hydrogen-bond donors (Lipinski definition) is 1. The van der Waals surface area contributed by atoms with Gasteiger partial charge in [0.2, 0.25) is 5.91 Å². The lowest BCUT2D eigenvalue weighted by Crippen LogP contribution is -2.38. The number of piperidine rings is 1. The minimum atomic E-state index is -4.94. The third-order valence-corrected chi connectivity index (χ3v) is 9.14. The van der Waals surface area contributed by atoms with Crippen molar-refractivity contribution in [2.24, 2.45) is 5.92 Å². The Morgan fingerprint density at radius 3 is 2.33 bits per heavy atom. The van der Waals surface area contributed by atoms with E-state index in [1.165, 1.54) is 11.6 Å². The Hall–Kier alpha value is -4.67. The van der Waals surface area contributed by atoms with Crippen molar-refractivity contribution in [2.75, 3.05) is 24.5 Å². The lowest BCUT2D eigenvalue weighted by Gasteiger charge is -2.32. The number of benzene rings is 2. The first-order valence-corrected chi connectivity index (χ1v) is 15.3. The summed E-state index contributed by atoms with van der Waals surface area (Å²) in [5.41, 5.74) is 3.52. The number of halogens is 3. The first-order valence-electron chi connectivity index (χ1n) is 15.3. The number of pyridine rings is 1. The quantitative estimate of drug-likeness (QED) is 0.261. The van der Waals surface area contributed by atoms with E-state index in [-0.39, 0.29) is 11.7 Å². The first-order chi connectivity index (χ1) is 21.7. The first kappa shape index (κ1) is 29.1. The van der Waals surface area contributed by atoms with Crippen LogP contribution < -0.4 is 4.90 Å². The molecule has 7 rings (SSSR count). The summed E-state index contributed by atoms with van der Waals surface area (Å²) in [6.07, 6.45) is 0.630. The molecule has 2 aliphatic heterocycles. The molecule has 2 aromatic heterocycles. The van der Waals surface area contributed by atoms with Crippen LogP contribution in [0.2, 0.25) is 0 Å². The standard InChI is InChI=1S/C34H32F3N5O3/c35-34(36,37)31-27(33(44)45)19-38-42(31)29-6-2-5-28(39-29)26-4-1-3-24-15-18-41(30(24)26)20-21-7-9-22(10-8-21)23-13-16-40(17-14-23)32(43)25-11-12-25/h1-10,19,23,25H,11-18,20H2,(H,44,45). The number of hydrogen-bond acceptors (Lipinski definition) is 5. The predicted molar refractivity (Wildman–Crippen MR) is 161 cm³/mol.